The van der Waals surface area contributed by atoms with Crippen LogP contribution in [0, 0.1) is 12.7 Å². The molecule has 1 atom stereocenters. The van der Waals surface area contributed by atoms with Crippen LogP contribution in [0.4, 0.5) is 14.9 Å². The van der Waals surface area contributed by atoms with Crippen molar-refractivity contribution in [2.24, 2.45) is 0 Å². The number of anilines is 1. The van der Waals surface area contributed by atoms with Crippen molar-refractivity contribution in [2.45, 2.75) is 39.0 Å². The average Bonchev–Trinajstić information content (AvgIpc) is 3.60. The molecule has 2 aromatic carbocycles. The average molecular weight is 556 g/mol. The van der Waals surface area contributed by atoms with Crippen molar-refractivity contribution in [1.82, 2.24) is 9.80 Å². The van der Waals surface area contributed by atoms with Crippen molar-refractivity contribution in [2.75, 3.05) is 39.2 Å². The lowest BCUT2D eigenvalue weighted by Crippen LogP contribution is -2.46. The molecule has 0 radical (unpaired) electrons. The van der Waals surface area contributed by atoms with Crippen LogP contribution in [0.5, 0.6) is 11.5 Å². The number of nitrogens with zero attached hydrogens (tertiary/aromatic N) is 2. The number of carbonyl (C=O) groups excluding carboxylic acids is 2. The Labute approximate surface area is 232 Å². The molecule has 1 fully saturated rings. The second-order valence-corrected chi connectivity index (χ2v) is 10.5. The summed E-state index contributed by atoms with van der Waals surface area (Å²) in [7, 11) is 3.07. The largest absolute Gasteiger partial charge is 0.497 e. The number of benzene rings is 2. The van der Waals surface area contributed by atoms with Gasteiger partial charge in [0.1, 0.15) is 23.9 Å². The van der Waals surface area contributed by atoms with Crippen molar-refractivity contribution in [1.29, 1.82) is 0 Å². The Bertz CT molecular complexity index is 1240. The van der Waals surface area contributed by atoms with E-state index >= 15 is 0 Å². The Balaban J connectivity index is 1.55. The van der Waals surface area contributed by atoms with E-state index < -0.39 is 6.03 Å². The van der Waals surface area contributed by atoms with Crippen molar-refractivity contribution in [3.8, 4) is 11.5 Å². The van der Waals surface area contributed by atoms with E-state index in [2.05, 4.69) is 5.32 Å². The Kier molecular flexibility index (Phi) is 9.78. The van der Waals surface area contributed by atoms with E-state index in [1.165, 1.54) is 31.3 Å². The lowest BCUT2D eigenvalue weighted by atomic mass is 10.2. The molecule has 3 amide bonds. The van der Waals surface area contributed by atoms with E-state index in [-0.39, 0.29) is 30.9 Å². The quantitative estimate of drug-likeness (QED) is 0.340. The first kappa shape index (κ1) is 28.4. The summed E-state index contributed by atoms with van der Waals surface area (Å²) in [4.78, 5) is 31.5. The van der Waals surface area contributed by atoms with Crippen molar-refractivity contribution in [3.05, 3.63) is 75.7 Å². The van der Waals surface area contributed by atoms with Gasteiger partial charge in [0.2, 0.25) is 5.91 Å². The first-order valence-corrected chi connectivity index (χ1v) is 13.7. The molecule has 208 valence electrons. The minimum Gasteiger partial charge on any atom is -0.497 e. The molecule has 4 rings (SSSR count). The number of urea groups is 1. The molecule has 1 aromatic heterocycles. The van der Waals surface area contributed by atoms with E-state index in [4.69, 9.17) is 14.2 Å². The van der Waals surface area contributed by atoms with Gasteiger partial charge in [-0.1, -0.05) is 12.1 Å². The van der Waals surface area contributed by atoms with Gasteiger partial charge in [0.15, 0.2) is 0 Å². The van der Waals surface area contributed by atoms with Gasteiger partial charge in [-0.25, -0.2) is 9.18 Å². The molecule has 1 aliphatic heterocycles. The summed E-state index contributed by atoms with van der Waals surface area (Å²) in [5, 5.41) is 4.87. The Morgan fingerprint density at radius 2 is 1.77 bits per heavy atom. The fourth-order valence-electron chi connectivity index (χ4n) is 4.38. The Morgan fingerprint density at radius 1 is 1.05 bits per heavy atom. The number of carbonyl (C=O) groups is 2. The van der Waals surface area contributed by atoms with E-state index in [9.17, 15) is 14.0 Å². The van der Waals surface area contributed by atoms with Gasteiger partial charge in [-0.3, -0.25) is 4.79 Å². The second kappa shape index (κ2) is 13.4. The van der Waals surface area contributed by atoms with Crippen LogP contribution < -0.4 is 14.8 Å². The third kappa shape index (κ3) is 7.93. The molecular formula is C29H34FN3O5S. The zero-order valence-corrected chi connectivity index (χ0v) is 23.3. The maximum Gasteiger partial charge on any atom is 0.322 e. The van der Waals surface area contributed by atoms with Crippen LogP contribution in [0.3, 0.4) is 0 Å². The van der Waals surface area contributed by atoms with E-state index in [1.54, 1.807) is 46.6 Å². The van der Waals surface area contributed by atoms with Gasteiger partial charge in [-0.2, -0.15) is 0 Å². The number of thiophene rings is 1. The molecule has 0 saturated carbocycles. The van der Waals surface area contributed by atoms with E-state index in [1.807, 2.05) is 18.4 Å². The highest BCUT2D eigenvalue weighted by Gasteiger charge is 2.27. The number of ether oxygens (including phenoxy) is 3. The molecule has 39 heavy (non-hydrogen) atoms. The van der Waals surface area contributed by atoms with Crippen LogP contribution in [0.2, 0.25) is 0 Å². The van der Waals surface area contributed by atoms with Crippen LogP contribution >= 0.6 is 11.3 Å². The molecule has 1 N–H and O–H groups in total. The predicted octanol–water partition coefficient (Wildman–Crippen LogP) is 5.45. The highest BCUT2D eigenvalue weighted by atomic mass is 32.1. The number of aryl methyl sites for hydroxylation is 1. The third-order valence-electron chi connectivity index (χ3n) is 6.61. The van der Waals surface area contributed by atoms with Gasteiger partial charge >= 0.3 is 6.03 Å². The number of amides is 3. The topological polar surface area (TPSA) is 80.3 Å². The monoisotopic (exact) mass is 555 g/mol. The molecule has 10 heteroatoms. The van der Waals surface area contributed by atoms with Crippen LogP contribution in [0.15, 0.2) is 53.9 Å². The van der Waals surface area contributed by atoms with E-state index in [0.29, 0.717) is 36.9 Å². The van der Waals surface area contributed by atoms with Crippen LogP contribution in [0.1, 0.15) is 28.8 Å². The van der Waals surface area contributed by atoms with Crippen LogP contribution in [-0.4, -0.2) is 61.8 Å². The molecule has 0 aliphatic carbocycles. The second-order valence-electron chi connectivity index (χ2n) is 9.45. The highest BCUT2D eigenvalue weighted by Crippen LogP contribution is 2.26. The number of hydrogen-bond acceptors (Lipinski definition) is 6. The number of nitrogens with one attached hydrogen (secondary N) is 1. The number of halogens is 1. The zero-order valence-electron chi connectivity index (χ0n) is 22.4. The molecule has 3 aromatic rings. The number of rotatable bonds is 11. The summed E-state index contributed by atoms with van der Waals surface area (Å²) in [5.41, 5.74) is 2.38. The molecule has 0 spiro atoms. The Hall–Kier alpha value is -3.63. The van der Waals surface area contributed by atoms with Crippen LogP contribution in [-0.2, 0) is 22.6 Å². The maximum atomic E-state index is 13.7. The summed E-state index contributed by atoms with van der Waals surface area (Å²) < 4.78 is 29.9. The van der Waals surface area contributed by atoms with Crippen LogP contribution in [0.25, 0.3) is 0 Å². The lowest BCUT2D eigenvalue weighted by Gasteiger charge is -2.29. The van der Waals surface area contributed by atoms with Gasteiger partial charge in [0.25, 0.3) is 0 Å². The Morgan fingerprint density at radius 3 is 2.36 bits per heavy atom. The minimum absolute atomic E-state index is 0.140. The maximum absolute atomic E-state index is 13.7. The molecule has 0 bridgehead atoms. The van der Waals surface area contributed by atoms with Crippen molar-refractivity contribution >= 4 is 29.0 Å². The summed E-state index contributed by atoms with van der Waals surface area (Å²) in [6.07, 6.45) is 1.59. The fraction of sp³-hybridized carbons (Fsp3) is 0.379. The highest BCUT2D eigenvalue weighted by molar-refractivity contribution is 7.10. The van der Waals surface area contributed by atoms with E-state index in [0.717, 1.165) is 28.8 Å². The number of hydrogen-bond donors (Lipinski definition) is 1. The van der Waals surface area contributed by atoms with Crippen molar-refractivity contribution < 1.29 is 28.2 Å². The summed E-state index contributed by atoms with van der Waals surface area (Å²) in [6, 6.07) is 12.8. The molecule has 1 saturated heterocycles. The normalized spacial score (nSPS) is 14.6. The minimum atomic E-state index is -0.428. The first-order valence-electron chi connectivity index (χ1n) is 12.8. The zero-order chi connectivity index (χ0) is 27.8. The third-order valence-corrected chi connectivity index (χ3v) is 7.61. The molecule has 1 unspecified atom stereocenters. The predicted molar refractivity (Wildman–Crippen MR) is 149 cm³/mol. The summed E-state index contributed by atoms with van der Waals surface area (Å²) in [5.74, 6) is 0.509. The fourth-order valence-corrected chi connectivity index (χ4v) is 5.30. The van der Waals surface area contributed by atoms with Crippen molar-refractivity contribution in [3.63, 3.8) is 0 Å². The van der Waals surface area contributed by atoms with Gasteiger partial charge in [0.05, 0.1) is 26.9 Å². The van der Waals surface area contributed by atoms with Gasteiger partial charge < -0.3 is 29.3 Å². The molecular weight excluding hydrogens is 521 g/mol. The summed E-state index contributed by atoms with van der Waals surface area (Å²) >= 11 is 1.58. The summed E-state index contributed by atoms with van der Waals surface area (Å²) in [6.45, 7) is 3.46. The standard InChI is InChI=1S/C29H34FN3O5S/c1-20-10-12-39-27(20)18-32(16-21-6-8-22(30)9-7-21)28(34)19-33(17-24-5-4-11-38-24)29(35)31-23-13-25(36-2)15-26(14-23)37-3/h6-10,12-15,24H,4-5,11,16-19H2,1-3H3,(H,31,35). The smallest absolute Gasteiger partial charge is 0.322 e. The van der Waals surface area contributed by atoms with Gasteiger partial charge in [0, 0.05) is 48.5 Å². The number of methoxy groups -OCH3 is 2. The lowest BCUT2D eigenvalue weighted by molar-refractivity contribution is -0.133. The first-order chi connectivity index (χ1) is 18.8. The van der Waals surface area contributed by atoms with Gasteiger partial charge in [-0.05, 0) is 54.5 Å². The molecule has 2 heterocycles. The SMILES string of the molecule is COc1cc(NC(=O)N(CC(=O)N(Cc2ccc(F)cc2)Cc2sccc2C)CC2CCCO2)cc(OC)c1. The molecule has 1 aliphatic rings. The van der Waals surface area contributed by atoms with Gasteiger partial charge in [-0.15, -0.1) is 11.3 Å². The molecule has 8 nitrogen and oxygen atoms in total.